The van der Waals surface area contributed by atoms with Gasteiger partial charge in [0.15, 0.2) is 0 Å². The minimum atomic E-state index is -1.22. The number of allylic oxidation sites excluding steroid dienone is 2. The van der Waals surface area contributed by atoms with Gasteiger partial charge in [0, 0.05) is 14.1 Å². The molecule has 1 fully saturated rings. The van der Waals surface area contributed by atoms with Crippen molar-refractivity contribution in [1.29, 1.82) is 0 Å². The Labute approximate surface area is 555 Å². The maximum absolute atomic E-state index is 15.4. The number of hydrogen-bond donors (Lipinski definition) is 6. The summed E-state index contributed by atoms with van der Waals surface area (Å²) in [6.07, 6.45) is 3.97. The molecule has 516 valence electrons. The molecule has 1 aliphatic heterocycles. The average molecular weight is 1460 g/mol. The number of thioether (sulfide) groups is 1. The van der Waals surface area contributed by atoms with E-state index in [1.807, 2.05) is 95.2 Å². The molecule has 0 spiro atoms. The van der Waals surface area contributed by atoms with Crippen molar-refractivity contribution >= 4 is 74.9 Å². The summed E-state index contributed by atoms with van der Waals surface area (Å²) < 4.78 is 0.445. The molecule has 23 nitrogen and oxygen atoms in total. The van der Waals surface area contributed by atoms with Crippen molar-refractivity contribution in [3.05, 3.63) is 12.2 Å². The fourth-order valence-corrected chi connectivity index (χ4v) is 13.8. The first-order valence-electron chi connectivity index (χ1n) is 32.3. The van der Waals surface area contributed by atoms with Crippen LogP contribution in [0.1, 0.15) is 156 Å². The van der Waals surface area contributed by atoms with E-state index in [0.717, 1.165) is 19.4 Å². The summed E-state index contributed by atoms with van der Waals surface area (Å²) in [6.45, 7) is 31.0. The van der Waals surface area contributed by atoms with Crippen LogP contribution >= 0.6 is 11.8 Å². The molecule has 1 aliphatic rings. The van der Waals surface area contributed by atoms with Gasteiger partial charge in [-0.3, -0.25) is 19.2 Å². The molecule has 0 saturated carbocycles. The summed E-state index contributed by atoms with van der Waals surface area (Å²) in [5.74, 6) is -7.18. The molecule has 13 atom stereocenters. The van der Waals surface area contributed by atoms with Crippen LogP contribution in [0.3, 0.4) is 0 Å². The first-order chi connectivity index (χ1) is 41.7. The van der Waals surface area contributed by atoms with E-state index in [1.165, 1.54) is 102 Å². The summed E-state index contributed by atoms with van der Waals surface area (Å²) in [7, 11) is 10.6. The van der Waals surface area contributed by atoms with E-state index in [4.69, 9.17) is 5.73 Å². The maximum atomic E-state index is 15.4. The molecular formula is C65H118N12O11SW. The van der Waals surface area contributed by atoms with Crippen molar-refractivity contribution in [2.24, 2.45) is 47.2 Å². The number of aliphatic hydroxyl groups is 1. The average Bonchev–Trinajstić information content (AvgIpc) is 1.57. The molecule has 1 rings (SSSR count). The summed E-state index contributed by atoms with van der Waals surface area (Å²) in [6, 6.07) is -12.4. The van der Waals surface area contributed by atoms with E-state index < -0.39 is 149 Å². The van der Waals surface area contributed by atoms with Crippen LogP contribution in [0.2, 0.25) is 0 Å². The molecule has 10 amide bonds. The molecular weight excluding hydrogens is 1340 g/mol. The van der Waals surface area contributed by atoms with Crippen LogP contribution < -0.4 is 27.0 Å². The Kier molecular flexibility index (Phi) is 36.1. The van der Waals surface area contributed by atoms with Gasteiger partial charge >= 0.3 is 388 Å². The third-order valence-corrected chi connectivity index (χ3v) is 19.3. The SMILES string of the molecule is C/C=C/C[C@@H](C)[C@@H](O)[C@H]1[C](=[W])N[C@@H](CC)C(=O)N(C)[C@H](CSCCN)C(=O)N(C)[C@@H](CC(C)C)C(=O)N[C@@H](C(C)C)C(=O)N(C)[C@@H](CC(C)C)C(=O)N[C@@H](C)C(=O)N[C@H](C)C(=O)N(C)[C@@H](CC(C)C)C(=O)N(C)[C@@H](CC(C)C)C(=O)N(C)[C@@H](C(C)C)C(=O)N1C. The minimum absolute atomic E-state index is 0.110. The van der Waals surface area contributed by atoms with Crippen LogP contribution in [-0.4, -0.2) is 242 Å². The normalized spacial score (nSPS) is 27.0. The predicted molar refractivity (Wildman–Crippen MR) is 354 cm³/mol. The Morgan fingerprint density at radius 3 is 1.34 bits per heavy atom. The second kappa shape index (κ2) is 39.1. The second-order valence-corrected chi connectivity index (χ2v) is 29.9. The topological polar surface area (TPSA) is 288 Å². The number of nitrogens with one attached hydrogen (secondary N) is 4. The molecule has 0 radical (unpaired) electrons. The van der Waals surface area contributed by atoms with E-state index in [2.05, 4.69) is 21.3 Å². The van der Waals surface area contributed by atoms with Crippen LogP contribution in [0.15, 0.2) is 12.2 Å². The van der Waals surface area contributed by atoms with Crippen molar-refractivity contribution in [2.45, 2.75) is 229 Å². The van der Waals surface area contributed by atoms with Crippen molar-refractivity contribution in [3.63, 3.8) is 0 Å². The number of rotatable bonds is 19. The zero-order valence-electron chi connectivity index (χ0n) is 59.0. The van der Waals surface area contributed by atoms with E-state index in [-0.39, 0.29) is 68.1 Å². The van der Waals surface area contributed by atoms with Gasteiger partial charge in [-0.15, -0.1) is 0 Å². The summed E-state index contributed by atoms with van der Waals surface area (Å²) >= 11 is 2.17. The number of carbonyl (C=O) groups is 10. The Balaban J connectivity index is 4.50. The van der Waals surface area contributed by atoms with Gasteiger partial charge in [-0.2, -0.15) is 0 Å². The van der Waals surface area contributed by atoms with Gasteiger partial charge in [-0.05, 0) is 38.0 Å². The third-order valence-electron chi connectivity index (χ3n) is 16.9. The Morgan fingerprint density at radius 1 is 0.500 bits per heavy atom. The molecule has 0 aliphatic carbocycles. The van der Waals surface area contributed by atoms with Gasteiger partial charge in [-0.25, -0.2) is 0 Å². The standard InChI is InChI=1S/C65H118N12O11S.W/c1-25-27-28-43(15)55(78)51-35-67-46(26-2)60(83)76(23)52(36-89-30-29-66)63(86)71(18)48(32-38(5)6)58(81)70-53(41(11)12)64(87)72(19)47(31-37(3)4)57(80)68-44(16)56(79)69-45(17)59(82)73(20)49(33-39(7)8)61(84)74(21)50(34-40(9)10)62(85)77(24)54(42(13)14)65(88)75(51)22;/h25,27,37-55,67,78H,26,28-34,36,66H2,1-24H3,(H,68,80)(H,69,79)(H,70,81);/b27-25+;/t43-,44+,45-,46+,47+,48+,49+,50+,51-,52-,53+,54+,55-;/m1./s1. The van der Waals surface area contributed by atoms with Gasteiger partial charge < -0.3 is 15.5 Å². The summed E-state index contributed by atoms with van der Waals surface area (Å²) in [4.78, 5) is 158. The quantitative estimate of drug-likeness (QED) is 0.0798. The zero-order chi connectivity index (χ0) is 69.7. The predicted octanol–water partition coefficient (Wildman–Crippen LogP) is 3.48. The molecule has 1 heterocycles. The number of nitrogens with zero attached hydrogens (tertiary/aromatic N) is 7. The van der Waals surface area contributed by atoms with Gasteiger partial charge in [0.25, 0.3) is 0 Å². The van der Waals surface area contributed by atoms with Gasteiger partial charge in [0.2, 0.25) is 23.6 Å². The van der Waals surface area contributed by atoms with Crippen LogP contribution in [0, 0.1) is 41.4 Å². The number of aliphatic hydroxyl groups excluding tert-OH is 1. The molecule has 1 saturated heterocycles. The Bertz CT molecular complexity index is 2450. The Morgan fingerprint density at radius 2 is 0.900 bits per heavy atom. The monoisotopic (exact) mass is 1460 g/mol. The van der Waals surface area contributed by atoms with Crippen LogP contribution in [0.25, 0.3) is 0 Å². The third kappa shape index (κ3) is 23.7. The second-order valence-electron chi connectivity index (χ2n) is 27.2. The van der Waals surface area contributed by atoms with Crippen molar-refractivity contribution in [2.75, 3.05) is 67.4 Å². The number of likely N-dealkylation sites (N-methyl/N-ethyl adjacent to an activating group) is 7. The molecule has 90 heavy (non-hydrogen) atoms. The molecule has 0 aromatic heterocycles. The fourth-order valence-electron chi connectivity index (χ4n) is 11.3. The molecule has 7 N–H and O–H groups in total. The number of nitrogens with two attached hydrogens (primary N) is 1. The molecule has 0 unspecified atom stereocenters. The Hall–Kier alpha value is -4.77. The first-order valence-corrected chi connectivity index (χ1v) is 35.0. The van der Waals surface area contributed by atoms with Crippen molar-refractivity contribution in [3.8, 4) is 0 Å². The number of carbonyl (C=O) groups excluding carboxylic acids is 10. The first kappa shape index (κ1) is 83.2. The number of hydrogen-bond acceptors (Lipinski definition) is 14. The van der Waals surface area contributed by atoms with E-state index in [1.54, 1.807) is 27.8 Å². The van der Waals surface area contributed by atoms with Crippen molar-refractivity contribution in [1.82, 2.24) is 55.6 Å². The van der Waals surface area contributed by atoms with Gasteiger partial charge in [0.1, 0.15) is 18.1 Å². The van der Waals surface area contributed by atoms with Crippen LogP contribution in [-0.2, 0) is 67.3 Å². The van der Waals surface area contributed by atoms with Gasteiger partial charge in [0.05, 0.1) is 0 Å². The van der Waals surface area contributed by atoms with Crippen LogP contribution in [0.4, 0.5) is 0 Å². The molecule has 0 aromatic rings. The fraction of sp³-hybridized carbons (Fsp3) is 0.800. The van der Waals surface area contributed by atoms with E-state index in [0.29, 0.717) is 16.2 Å². The summed E-state index contributed by atoms with van der Waals surface area (Å²) in [5, 5.41) is 24.2. The zero-order valence-corrected chi connectivity index (χ0v) is 62.8. The van der Waals surface area contributed by atoms with Crippen molar-refractivity contribution < 1.29 is 72.4 Å². The van der Waals surface area contributed by atoms with Crippen LogP contribution in [0.5, 0.6) is 0 Å². The van der Waals surface area contributed by atoms with E-state index >= 15 is 24.0 Å². The number of amides is 10. The van der Waals surface area contributed by atoms with Gasteiger partial charge in [-0.1, -0.05) is 41.5 Å². The molecule has 0 aromatic carbocycles. The molecule has 0 bridgehead atoms. The summed E-state index contributed by atoms with van der Waals surface area (Å²) in [5.41, 5.74) is 5.95. The molecule has 25 heteroatoms. The van der Waals surface area contributed by atoms with E-state index in [9.17, 15) is 29.1 Å².